The fourth-order valence-electron chi connectivity index (χ4n) is 3.59. The van der Waals surface area contributed by atoms with Crippen molar-refractivity contribution in [3.63, 3.8) is 0 Å². The number of likely N-dealkylation sites (tertiary alicyclic amines) is 1. The molecule has 25 heavy (non-hydrogen) atoms. The molecule has 2 aliphatic heterocycles. The van der Waals surface area contributed by atoms with Crippen molar-refractivity contribution in [2.24, 2.45) is 5.92 Å². The van der Waals surface area contributed by atoms with Gasteiger partial charge in [0.1, 0.15) is 0 Å². The van der Waals surface area contributed by atoms with Crippen LogP contribution in [0.1, 0.15) is 31.7 Å². The molecule has 2 heterocycles. The number of hydrogen-bond acceptors (Lipinski definition) is 3. The van der Waals surface area contributed by atoms with Crippen molar-refractivity contribution in [3.05, 3.63) is 35.9 Å². The normalized spacial score (nSPS) is 25.0. The first-order valence-corrected chi connectivity index (χ1v) is 10.4. The summed E-state index contributed by atoms with van der Waals surface area (Å²) in [6, 6.07) is 9.58. The van der Waals surface area contributed by atoms with E-state index in [4.69, 9.17) is 0 Å². The van der Waals surface area contributed by atoms with E-state index < -0.39 is 10.2 Å². The molecule has 0 N–H and O–H groups in total. The SMILES string of the molecule is C[C@H]1CCCN(C(=O)CN2CCCN(Cc3ccccc3)S2(=O)=O)C1. The summed E-state index contributed by atoms with van der Waals surface area (Å²) in [4.78, 5) is 14.4. The van der Waals surface area contributed by atoms with Gasteiger partial charge < -0.3 is 4.90 Å². The number of piperidine rings is 1. The molecule has 0 aliphatic carbocycles. The lowest BCUT2D eigenvalue weighted by Crippen LogP contribution is -2.53. The van der Waals surface area contributed by atoms with Crippen LogP contribution in [-0.4, -0.2) is 60.6 Å². The van der Waals surface area contributed by atoms with Gasteiger partial charge in [0.2, 0.25) is 5.91 Å². The van der Waals surface area contributed by atoms with E-state index in [9.17, 15) is 13.2 Å². The van der Waals surface area contributed by atoms with Crippen molar-refractivity contribution >= 4 is 16.1 Å². The van der Waals surface area contributed by atoms with Gasteiger partial charge >= 0.3 is 0 Å². The van der Waals surface area contributed by atoms with Crippen LogP contribution in [0.4, 0.5) is 0 Å². The zero-order valence-electron chi connectivity index (χ0n) is 14.8. The summed E-state index contributed by atoms with van der Waals surface area (Å²) in [5.41, 5.74) is 0.962. The van der Waals surface area contributed by atoms with Crippen LogP contribution in [-0.2, 0) is 21.5 Å². The second kappa shape index (κ2) is 7.85. The minimum absolute atomic E-state index is 0.0413. The molecule has 1 amide bonds. The van der Waals surface area contributed by atoms with Crippen LogP contribution in [0.5, 0.6) is 0 Å². The third kappa shape index (κ3) is 4.40. The monoisotopic (exact) mass is 365 g/mol. The lowest BCUT2D eigenvalue weighted by atomic mass is 10.0. The van der Waals surface area contributed by atoms with Crippen LogP contribution >= 0.6 is 0 Å². The maximum atomic E-state index is 12.9. The van der Waals surface area contributed by atoms with E-state index in [2.05, 4.69) is 6.92 Å². The predicted molar refractivity (Wildman–Crippen MR) is 96.9 cm³/mol. The van der Waals surface area contributed by atoms with Crippen molar-refractivity contribution in [2.75, 3.05) is 32.7 Å². The standard InChI is InChI=1S/C18H27N3O3S/c1-16-7-5-10-19(13-16)18(22)15-21-12-6-11-20(25(21,23)24)14-17-8-3-2-4-9-17/h2-4,8-9,16H,5-7,10-15H2,1H3/t16-/m0/s1. The summed E-state index contributed by atoms with van der Waals surface area (Å²) in [6.45, 7) is 4.85. The highest BCUT2D eigenvalue weighted by atomic mass is 32.2. The van der Waals surface area contributed by atoms with Crippen LogP contribution in [0.25, 0.3) is 0 Å². The summed E-state index contributed by atoms with van der Waals surface area (Å²) in [6.07, 6.45) is 2.88. The number of amides is 1. The van der Waals surface area contributed by atoms with E-state index in [1.165, 1.54) is 8.61 Å². The summed E-state index contributed by atoms with van der Waals surface area (Å²) in [5, 5.41) is 0. The highest BCUT2D eigenvalue weighted by molar-refractivity contribution is 7.86. The first-order valence-electron chi connectivity index (χ1n) is 9.04. The fraction of sp³-hybridized carbons (Fsp3) is 0.611. The van der Waals surface area contributed by atoms with Crippen LogP contribution < -0.4 is 0 Å². The largest absolute Gasteiger partial charge is 0.341 e. The summed E-state index contributed by atoms with van der Waals surface area (Å²) >= 11 is 0. The quantitative estimate of drug-likeness (QED) is 0.816. The van der Waals surface area contributed by atoms with Gasteiger partial charge in [0.25, 0.3) is 10.2 Å². The fourth-order valence-corrected chi connectivity index (χ4v) is 5.22. The molecular formula is C18H27N3O3S. The Hall–Kier alpha value is -1.44. The van der Waals surface area contributed by atoms with Gasteiger partial charge in [0.15, 0.2) is 0 Å². The zero-order chi connectivity index (χ0) is 17.9. The Morgan fingerprint density at radius 1 is 1.08 bits per heavy atom. The molecule has 1 aromatic rings. The van der Waals surface area contributed by atoms with Gasteiger partial charge in [-0.05, 0) is 30.7 Å². The molecule has 0 saturated carbocycles. The Labute approximate surface area is 150 Å². The minimum atomic E-state index is -3.59. The number of carbonyl (C=O) groups is 1. The third-order valence-corrected chi connectivity index (χ3v) is 6.92. The summed E-state index contributed by atoms with van der Waals surface area (Å²) < 4.78 is 28.6. The molecule has 2 fully saturated rings. The van der Waals surface area contributed by atoms with Crippen LogP contribution in [0, 0.1) is 5.92 Å². The maximum absolute atomic E-state index is 12.9. The Balaban J connectivity index is 1.66. The van der Waals surface area contributed by atoms with Crippen molar-refractivity contribution in [1.82, 2.24) is 13.5 Å². The summed E-state index contributed by atoms with van der Waals surface area (Å²) in [5.74, 6) is 0.418. The molecule has 3 rings (SSSR count). The van der Waals surface area contributed by atoms with Gasteiger partial charge in [-0.3, -0.25) is 4.79 Å². The van der Waals surface area contributed by atoms with Crippen molar-refractivity contribution in [3.8, 4) is 0 Å². The number of rotatable bonds is 4. The number of benzene rings is 1. The van der Waals surface area contributed by atoms with Crippen molar-refractivity contribution < 1.29 is 13.2 Å². The average molecular weight is 365 g/mol. The van der Waals surface area contributed by atoms with E-state index in [1.54, 1.807) is 0 Å². The Kier molecular flexibility index (Phi) is 5.76. The summed E-state index contributed by atoms with van der Waals surface area (Å²) in [7, 11) is -3.59. The Morgan fingerprint density at radius 2 is 1.80 bits per heavy atom. The topological polar surface area (TPSA) is 60.9 Å². The molecule has 2 aliphatic rings. The number of hydrogen-bond donors (Lipinski definition) is 0. The Bertz CT molecular complexity index is 693. The molecule has 138 valence electrons. The molecule has 0 spiro atoms. The van der Waals surface area contributed by atoms with E-state index >= 15 is 0 Å². The predicted octanol–water partition coefficient (Wildman–Crippen LogP) is 1.70. The van der Waals surface area contributed by atoms with Crippen LogP contribution in [0.2, 0.25) is 0 Å². The smallest absolute Gasteiger partial charge is 0.282 e. The molecule has 1 aromatic carbocycles. The lowest BCUT2D eigenvalue weighted by molar-refractivity contribution is -0.133. The van der Waals surface area contributed by atoms with Crippen LogP contribution in [0.3, 0.4) is 0 Å². The molecule has 6 nitrogen and oxygen atoms in total. The molecule has 0 bridgehead atoms. The van der Waals surface area contributed by atoms with Crippen LogP contribution in [0.15, 0.2) is 30.3 Å². The van der Waals surface area contributed by atoms with E-state index in [0.29, 0.717) is 25.6 Å². The third-order valence-electron chi connectivity index (χ3n) is 4.99. The van der Waals surface area contributed by atoms with Gasteiger partial charge in [-0.15, -0.1) is 0 Å². The van der Waals surface area contributed by atoms with E-state index in [0.717, 1.165) is 37.9 Å². The molecule has 0 radical (unpaired) electrons. The van der Waals surface area contributed by atoms with Gasteiger partial charge in [-0.1, -0.05) is 37.3 Å². The van der Waals surface area contributed by atoms with Crippen molar-refractivity contribution in [1.29, 1.82) is 0 Å². The highest BCUT2D eigenvalue weighted by Crippen LogP contribution is 2.21. The second-order valence-electron chi connectivity index (χ2n) is 7.10. The van der Waals surface area contributed by atoms with Gasteiger partial charge in [-0.2, -0.15) is 17.0 Å². The molecule has 7 heteroatoms. The maximum Gasteiger partial charge on any atom is 0.282 e. The molecule has 1 atom stereocenters. The first kappa shape index (κ1) is 18.4. The molecular weight excluding hydrogens is 338 g/mol. The second-order valence-corrected chi connectivity index (χ2v) is 9.03. The van der Waals surface area contributed by atoms with Gasteiger partial charge in [0.05, 0.1) is 6.54 Å². The highest BCUT2D eigenvalue weighted by Gasteiger charge is 2.35. The zero-order valence-corrected chi connectivity index (χ0v) is 15.6. The number of carbonyl (C=O) groups excluding carboxylic acids is 1. The van der Waals surface area contributed by atoms with Crippen molar-refractivity contribution in [2.45, 2.75) is 32.7 Å². The number of nitrogens with zero attached hydrogens (tertiary/aromatic N) is 3. The van der Waals surface area contributed by atoms with E-state index in [1.807, 2.05) is 35.2 Å². The minimum Gasteiger partial charge on any atom is -0.341 e. The van der Waals surface area contributed by atoms with E-state index in [-0.39, 0.29) is 12.5 Å². The average Bonchev–Trinajstić information content (AvgIpc) is 2.59. The molecule has 0 aromatic heterocycles. The Morgan fingerprint density at radius 3 is 2.52 bits per heavy atom. The van der Waals surface area contributed by atoms with Gasteiger partial charge in [-0.25, -0.2) is 0 Å². The first-order chi connectivity index (χ1) is 12.0. The lowest BCUT2D eigenvalue weighted by Gasteiger charge is -2.36. The molecule has 2 saturated heterocycles. The van der Waals surface area contributed by atoms with Gasteiger partial charge in [0, 0.05) is 32.7 Å². The molecule has 0 unspecified atom stereocenters.